The van der Waals surface area contributed by atoms with Crippen LogP contribution in [0.2, 0.25) is 5.15 Å². The first-order valence-corrected chi connectivity index (χ1v) is 12.2. The molecule has 10 heteroatoms. The minimum absolute atomic E-state index is 0.171. The molecule has 3 aromatic heterocycles. The summed E-state index contributed by atoms with van der Waals surface area (Å²) < 4.78 is 14.9. The Morgan fingerprint density at radius 3 is 2.94 bits per heavy atom. The Hall–Kier alpha value is -2.14. The van der Waals surface area contributed by atoms with Crippen molar-refractivity contribution in [1.82, 2.24) is 19.5 Å². The van der Waals surface area contributed by atoms with Gasteiger partial charge >= 0.3 is 0 Å². The van der Waals surface area contributed by atoms with E-state index >= 15 is 0 Å². The predicted octanol–water partition coefficient (Wildman–Crippen LogP) is 3.72. The first kappa shape index (κ1) is 22.3. The molecule has 1 spiro atoms. The Bertz CT molecular complexity index is 1410. The van der Waals surface area contributed by atoms with Crippen LogP contribution in [0.25, 0.3) is 21.9 Å². The summed E-state index contributed by atoms with van der Waals surface area (Å²) in [7, 11) is 0. The number of aryl methyl sites for hydroxylation is 1. The van der Waals surface area contributed by atoms with Crippen molar-refractivity contribution in [1.29, 1.82) is 0 Å². The molecular formula is C24H22BrClN4O4. The van der Waals surface area contributed by atoms with Crippen molar-refractivity contribution < 1.29 is 19.7 Å². The minimum atomic E-state index is -1.11. The van der Waals surface area contributed by atoms with Crippen molar-refractivity contribution in [3.05, 3.63) is 63.7 Å². The molecule has 5 unspecified atom stereocenters. The fourth-order valence-corrected chi connectivity index (χ4v) is 5.59. The van der Waals surface area contributed by atoms with E-state index in [9.17, 15) is 10.2 Å². The molecule has 2 fully saturated rings. The van der Waals surface area contributed by atoms with E-state index in [1.54, 1.807) is 4.57 Å². The van der Waals surface area contributed by atoms with E-state index in [1.165, 1.54) is 6.33 Å². The summed E-state index contributed by atoms with van der Waals surface area (Å²) in [5, 5.41) is 24.2. The fraction of sp³-hybridized carbons (Fsp3) is 0.375. The van der Waals surface area contributed by atoms with Gasteiger partial charge in [0.15, 0.2) is 6.23 Å². The normalized spacial score (nSPS) is 29.1. The number of halogens is 2. The molecule has 2 N–H and O–H groups in total. The number of aliphatic hydroxyl groups is 2. The summed E-state index contributed by atoms with van der Waals surface area (Å²) in [6.45, 7) is 2.10. The predicted molar refractivity (Wildman–Crippen MR) is 130 cm³/mol. The average Bonchev–Trinajstić information content (AvgIpc) is 3.49. The first-order valence-electron chi connectivity index (χ1n) is 11.0. The van der Waals surface area contributed by atoms with Crippen LogP contribution in [0.15, 0.2) is 47.3 Å². The zero-order valence-corrected chi connectivity index (χ0v) is 20.6. The highest BCUT2D eigenvalue weighted by molar-refractivity contribution is 9.10. The zero-order chi connectivity index (χ0) is 23.6. The van der Waals surface area contributed by atoms with Crippen LogP contribution in [0, 0.1) is 6.92 Å². The number of pyridine rings is 1. The van der Waals surface area contributed by atoms with Crippen LogP contribution >= 0.6 is 27.5 Å². The molecule has 1 aromatic carbocycles. The van der Waals surface area contributed by atoms with Crippen LogP contribution in [-0.2, 0) is 15.9 Å². The van der Waals surface area contributed by atoms with Gasteiger partial charge in [-0.2, -0.15) is 0 Å². The number of aromatic nitrogens is 4. The van der Waals surface area contributed by atoms with Crippen molar-refractivity contribution in [2.45, 2.75) is 49.9 Å². The van der Waals surface area contributed by atoms with Gasteiger partial charge in [-0.3, -0.25) is 0 Å². The van der Waals surface area contributed by atoms with E-state index in [-0.39, 0.29) is 12.7 Å². The summed E-state index contributed by atoms with van der Waals surface area (Å²) in [5.41, 5.74) is 2.37. The molecule has 0 saturated carbocycles. The van der Waals surface area contributed by atoms with E-state index in [1.807, 2.05) is 43.5 Å². The number of aliphatic hydroxyl groups excluding tert-OH is 2. The SMILES string of the molecule is Cc1ncnc2c1ccn2C1OC2(COC(Cc3ccc4cc(Br)c(Cl)nc4c3)C2)C(O)C1O. The molecule has 8 nitrogen and oxygen atoms in total. The van der Waals surface area contributed by atoms with Crippen LogP contribution in [0.3, 0.4) is 0 Å². The first-order chi connectivity index (χ1) is 16.3. The largest absolute Gasteiger partial charge is 0.387 e. The lowest BCUT2D eigenvalue weighted by Crippen LogP contribution is -2.43. The maximum absolute atomic E-state index is 11.0. The Kier molecular flexibility index (Phi) is 5.40. The highest BCUT2D eigenvalue weighted by Crippen LogP contribution is 2.45. The number of nitrogens with zero attached hydrogens (tertiary/aromatic N) is 4. The molecule has 34 heavy (non-hydrogen) atoms. The molecule has 2 aliphatic heterocycles. The maximum atomic E-state index is 11.0. The van der Waals surface area contributed by atoms with E-state index in [0.717, 1.165) is 32.0 Å². The average molecular weight is 546 g/mol. The second-order valence-electron chi connectivity index (χ2n) is 9.06. The van der Waals surface area contributed by atoms with Crippen molar-refractivity contribution in [3.63, 3.8) is 0 Å². The lowest BCUT2D eigenvalue weighted by atomic mass is 9.90. The molecule has 4 aromatic rings. The Balaban J connectivity index is 1.23. The lowest BCUT2D eigenvalue weighted by Gasteiger charge is -2.25. The van der Waals surface area contributed by atoms with Gasteiger partial charge in [-0.1, -0.05) is 23.7 Å². The third-order valence-corrected chi connectivity index (χ3v) is 8.01. The summed E-state index contributed by atoms with van der Waals surface area (Å²) in [6.07, 6.45) is 1.25. The van der Waals surface area contributed by atoms with Crippen LogP contribution in [0.4, 0.5) is 0 Å². The van der Waals surface area contributed by atoms with Gasteiger partial charge in [-0.15, -0.1) is 0 Å². The van der Waals surface area contributed by atoms with Gasteiger partial charge in [0.2, 0.25) is 0 Å². The Morgan fingerprint density at radius 2 is 2.09 bits per heavy atom. The van der Waals surface area contributed by atoms with Gasteiger partial charge in [-0.05, 0) is 53.0 Å². The summed E-state index contributed by atoms with van der Waals surface area (Å²) in [5.74, 6) is 0. The van der Waals surface area contributed by atoms with Gasteiger partial charge in [0.1, 0.15) is 34.9 Å². The Morgan fingerprint density at radius 1 is 1.24 bits per heavy atom. The van der Waals surface area contributed by atoms with Gasteiger partial charge in [0.25, 0.3) is 0 Å². The van der Waals surface area contributed by atoms with Crippen LogP contribution in [0.5, 0.6) is 0 Å². The molecule has 2 saturated heterocycles. The molecular weight excluding hydrogens is 524 g/mol. The molecule has 0 aliphatic carbocycles. The highest BCUT2D eigenvalue weighted by atomic mass is 79.9. The van der Waals surface area contributed by atoms with Crippen LogP contribution in [0.1, 0.15) is 23.9 Å². The molecule has 5 heterocycles. The van der Waals surface area contributed by atoms with E-state index in [2.05, 4.69) is 30.9 Å². The summed E-state index contributed by atoms with van der Waals surface area (Å²) in [6, 6.07) is 9.88. The van der Waals surface area contributed by atoms with Gasteiger partial charge in [0.05, 0.1) is 28.4 Å². The number of ether oxygens (including phenoxy) is 2. The van der Waals surface area contributed by atoms with Crippen LogP contribution < -0.4 is 0 Å². The third kappa shape index (κ3) is 3.54. The van der Waals surface area contributed by atoms with Crippen molar-refractivity contribution in [3.8, 4) is 0 Å². The highest BCUT2D eigenvalue weighted by Gasteiger charge is 2.58. The summed E-state index contributed by atoms with van der Waals surface area (Å²) in [4.78, 5) is 13.0. The van der Waals surface area contributed by atoms with Crippen molar-refractivity contribution >= 4 is 49.5 Å². The van der Waals surface area contributed by atoms with E-state index in [0.29, 0.717) is 23.6 Å². The van der Waals surface area contributed by atoms with Crippen LogP contribution in [-0.4, -0.2) is 60.3 Å². The van der Waals surface area contributed by atoms with Gasteiger partial charge in [0, 0.05) is 23.4 Å². The second kappa shape index (κ2) is 8.22. The second-order valence-corrected chi connectivity index (χ2v) is 10.3. The number of rotatable bonds is 3. The topological polar surface area (TPSA) is 103 Å². The van der Waals surface area contributed by atoms with Gasteiger partial charge in [-0.25, -0.2) is 15.0 Å². The summed E-state index contributed by atoms with van der Waals surface area (Å²) >= 11 is 9.57. The van der Waals surface area contributed by atoms with Crippen molar-refractivity contribution in [2.24, 2.45) is 0 Å². The molecule has 2 aliphatic rings. The standard InChI is InChI=1S/C24H22BrClN4O4/c1-12-16-4-5-30(22(16)28-11-27-12)23-19(31)20(32)24(34-23)9-15(33-10-24)6-13-2-3-14-8-17(25)21(26)29-18(14)7-13/h2-5,7-8,11,15,19-20,23,31-32H,6,9-10H2,1H3. The molecule has 0 radical (unpaired) electrons. The molecule has 6 rings (SSSR count). The zero-order valence-electron chi connectivity index (χ0n) is 18.2. The van der Waals surface area contributed by atoms with Gasteiger partial charge < -0.3 is 24.3 Å². The van der Waals surface area contributed by atoms with E-state index in [4.69, 9.17) is 21.1 Å². The number of benzene rings is 1. The number of hydrogen-bond acceptors (Lipinski definition) is 7. The molecule has 0 amide bonds. The van der Waals surface area contributed by atoms with Crippen molar-refractivity contribution in [2.75, 3.05) is 6.61 Å². The monoisotopic (exact) mass is 544 g/mol. The third-order valence-electron chi connectivity index (χ3n) is 6.89. The quantitative estimate of drug-likeness (QED) is 0.378. The molecule has 0 bridgehead atoms. The Labute approximate surface area is 208 Å². The minimum Gasteiger partial charge on any atom is -0.387 e. The number of hydrogen-bond donors (Lipinski definition) is 2. The number of fused-ring (bicyclic) bond motifs is 2. The lowest BCUT2D eigenvalue weighted by molar-refractivity contribution is -0.103. The molecule has 5 atom stereocenters. The smallest absolute Gasteiger partial charge is 0.164 e. The maximum Gasteiger partial charge on any atom is 0.164 e. The fourth-order valence-electron chi connectivity index (χ4n) is 5.11. The van der Waals surface area contributed by atoms with E-state index < -0.39 is 24.0 Å². The molecule has 176 valence electrons.